The molecule has 0 spiro atoms. The average molecular weight is 313 g/mol. The van der Waals surface area contributed by atoms with E-state index in [0.717, 1.165) is 57.8 Å². The third-order valence-corrected chi connectivity index (χ3v) is 4.74. The third-order valence-electron chi connectivity index (χ3n) is 4.74. The highest BCUT2D eigenvalue weighted by atomic mass is 16.3. The smallest absolute Gasteiger partial charge is 0.132 e. The molecule has 0 bridgehead atoms. The minimum Gasteiger partial charge on any atom is -0.395 e. The SMILES string of the molecule is CCCCC(=O)CCCCCCCC1CCC(O)C(CO)N1. The number of nitrogens with one attached hydrogen (secondary N) is 1. The third kappa shape index (κ3) is 8.25. The van der Waals surface area contributed by atoms with Gasteiger partial charge in [-0.15, -0.1) is 0 Å². The van der Waals surface area contributed by atoms with E-state index >= 15 is 0 Å². The molecule has 0 aliphatic carbocycles. The second-order valence-corrected chi connectivity index (χ2v) is 6.75. The Labute approximate surface area is 135 Å². The summed E-state index contributed by atoms with van der Waals surface area (Å²) in [6.45, 7) is 2.14. The summed E-state index contributed by atoms with van der Waals surface area (Å²) in [6, 6.07) is 0.295. The van der Waals surface area contributed by atoms with Crippen LogP contribution in [0.4, 0.5) is 0 Å². The highest BCUT2D eigenvalue weighted by Crippen LogP contribution is 2.18. The minimum atomic E-state index is -0.397. The molecular weight excluding hydrogens is 278 g/mol. The predicted molar refractivity (Wildman–Crippen MR) is 89.9 cm³/mol. The number of aliphatic hydroxyl groups excluding tert-OH is 2. The van der Waals surface area contributed by atoms with E-state index in [1.54, 1.807) is 0 Å². The zero-order valence-corrected chi connectivity index (χ0v) is 14.2. The first-order valence-corrected chi connectivity index (χ1v) is 9.24. The maximum Gasteiger partial charge on any atom is 0.132 e. The molecule has 1 heterocycles. The molecule has 0 aromatic rings. The topological polar surface area (TPSA) is 69.6 Å². The molecule has 1 aliphatic heterocycles. The van der Waals surface area contributed by atoms with Gasteiger partial charge in [-0.05, 0) is 32.1 Å². The van der Waals surface area contributed by atoms with Crippen molar-refractivity contribution in [3.05, 3.63) is 0 Å². The lowest BCUT2D eigenvalue weighted by molar-refractivity contribution is -0.119. The number of hydrogen-bond donors (Lipinski definition) is 3. The minimum absolute atomic E-state index is 0.0176. The lowest BCUT2D eigenvalue weighted by atomic mass is 9.93. The first-order chi connectivity index (χ1) is 10.7. The van der Waals surface area contributed by atoms with Gasteiger partial charge in [-0.25, -0.2) is 0 Å². The van der Waals surface area contributed by atoms with Crippen molar-refractivity contribution < 1.29 is 15.0 Å². The number of carbonyl (C=O) groups excluding carboxylic acids is 1. The van der Waals surface area contributed by atoms with Gasteiger partial charge in [-0.2, -0.15) is 0 Å². The number of unbranched alkanes of at least 4 members (excludes halogenated alkanes) is 5. The zero-order valence-electron chi connectivity index (χ0n) is 14.2. The number of carbonyl (C=O) groups is 1. The van der Waals surface area contributed by atoms with Crippen molar-refractivity contribution in [1.29, 1.82) is 0 Å². The predicted octanol–water partition coefficient (Wildman–Crippen LogP) is 2.95. The van der Waals surface area contributed by atoms with Gasteiger partial charge in [0.05, 0.1) is 18.8 Å². The molecule has 1 aliphatic rings. The van der Waals surface area contributed by atoms with Crippen LogP contribution in [0.3, 0.4) is 0 Å². The molecule has 0 aromatic heterocycles. The Morgan fingerprint density at radius 1 is 1.05 bits per heavy atom. The zero-order chi connectivity index (χ0) is 16.2. The summed E-state index contributed by atoms with van der Waals surface area (Å²) in [6.07, 6.45) is 12.0. The lowest BCUT2D eigenvalue weighted by Crippen LogP contribution is -2.52. The second kappa shape index (κ2) is 12.0. The molecule has 4 heteroatoms. The van der Waals surface area contributed by atoms with Gasteiger partial charge in [0.2, 0.25) is 0 Å². The molecule has 3 unspecified atom stereocenters. The van der Waals surface area contributed by atoms with Crippen LogP contribution in [0.1, 0.15) is 84.0 Å². The Hall–Kier alpha value is -0.450. The van der Waals surface area contributed by atoms with E-state index in [1.807, 2.05) is 0 Å². The molecule has 22 heavy (non-hydrogen) atoms. The van der Waals surface area contributed by atoms with Crippen molar-refractivity contribution in [1.82, 2.24) is 5.32 Å². The van der Waals surface area contributed by atoms with Crippen molar-refractivity contribution in [2.24, 2.45) is 0 Å². The van der Waals surface area contributed by atoms with E-state index in [4.69, 9.17) is 0 Å². The van der Waals surface area contributed by atoms with Crippen molar-refractivity contribution >= 4 is 5.78 Å². The largest absolute Gasteiger partial charge is 0.395 e. The van der Waals surface area contributed by atoms with Gasteiger partial charge >= 0.3 is 0 Å². The van der Waals surface area contributed by atoms with Gasteiger partial charge in [-0.1, -0.05) is 39.0 Å². The van der Waals surface area contributed by atoms with E-state index in [1.165, 1.54) is 19.3 Å². The number of ketones is 1. The standard InChI is InChI=1S/C18H35NO3/c1-2-3-10-16(21)11-8-6-4-5-7-9-15-12-13-18(22)17(14-20)19-15/h15,17-20,22H,2-14H2,1H3. The van der Waals surface area contributed by atoms with Crippen molar-refractivity contribution in [2.75, 3.05) is 6.61 Å². The summed E-state index contributed by atoms with van der Waals surface area (Å²) in [7, 11) is 0. The molecule has 4 nitrogen and oxygen atoms in total. The van der Waals surface area contributed by atoms with E-state index in [9.17, 15) is 15.0 Å². The Kier molecular flexibility index (Phi) is 10.7. The average Bonchev–Trinajstić information content (AvgIpc) is 2.53. The van der Waals surface area contributed by atoms with Crippen LogP contribution < -0.4 is 5.32 Å². The van der Waals surface area contributed by atoms with Gasteiger partial charge in [-0.3, -0.25) is 4.79 Å². The Bertz CT molecular complexity index is 296. The van der Waals surface area contributed by atoms with Crippen LogP contribution in [-0.4, -0.2) is 40.8 Å². The first kappa shape index (κ1) is 19.6. The summed E-state index contributed by atoms with van der Waals surface area (Å²) >= 11 is 0. The number of piperidine rings is 1. The van der Waals surface area contributed by atoms with Gasteiger partial charge in [0, 0.05) is 18.9 Å². The molecule has 1 saturated heterocycles. The second-order valence-electron chi connectivity index (χ2n) is 6.75. The highest BCUT2D eigenvalue weighted by molar-refractivity contribution is 5.78. The number of rotatable bonds is 12. The van der Waals surface area contributed by atoms with Crippen molar-refractivity contribution in [2.45, 2.75) is 102 Å². The highest BCUT2D eigenvalue weighted by Gasteiger charge is 2.27. The number of aliphatic hydroxyl groups is 2. The molecule has 3 N–H and O–H groups in total. The monoisotopic (exact) mass is 313 g/mol. The van der Waals surface area contributed by atoms with Crippen LogP contribution in [0.2, 0.25) is 0 Å². The van der Waals surface area contributed by atoms with Crippen LogP contribution >= 0.6 is 0 Å². The molecule has 3 atom stereocenters. The van der Waals surface area contributed by atoms with Gasteiger partial charge in [0.15, 0.2) is 0 Å². The first-order valence-electron chi connectivity index (χ1n) is 9.24. The van der Waals surface area contributed by atoms with E-state index in [2.05, 4.69) is 12.2 Å². The van der Waals surface area contributed by atoms with Crippen molar-refractivity contribution in [3.63, 3.8) is 0 Å². The van der Waals surface area contributed by atoms with E-state index in [-0.39, 0.29) is 12.6 Å². The maximum atomic E-state index is 11.5. The molecule has 0 aromatic carbocycles. The van der Waals surface area contributed by atoms with Gasteiger partial charge < -0.3 is 15.5 Å². The van der Waals surface area contributed by atoms with Gasteiger partial charge in [0.1, 0.15) is 5.78 Å². The molecule has 1 fully saturated rings. The summed E-state index contributed by atoms with van der Waals surface area (Å²) in [4.78, 5) is 11.5. The molecule has 1 rings (SSSR count). The summed E-state index contributed by atoms with van der Waals surface area (Å²) in [5, 5.41) is 22.2. The van der Waals surface area contributed by atoms with Crippen LogP contribution in [0, 0.1) is 0 Å². The van der Waals surface area contributed by atoms with E-state index < -0.39 is 6.10 Å². The molecule has 0 saturated carbocycles. The quantitative estimate of drug-likeness (QED) is 0.485. The summed E-state index contributed by atoms with van der Waals surface area (Å²) in [5.74, 6) is 0.432. The van der Waals surface area contributed by atoms with Crippen LogP contribution in [-0.2, 0) is 4.79 Å². The lowest BCUT2D eigenvalue weighted by Gasteiger charge is -2.34. The normalized spacial score (nSPS) is 25.3. The number of hydrogen-bond acceptors (Lipinski definition) is 4. The summed E-state index contributed by atoms with van der Waals surface area (Å²) < 4.78 is 0. The Morgan fingerprint density at radius 3 is 2.45 bits per heavy atom. The van der Waals surface area contributed by atoms with Crippen LogP contribution in [0.25, 0.3) is 0 Å². The number of Topliss-reactive ketones (excluding diaryl/α,β-unsaturated/α-hetero) is 1. The van der Waals surface area contributed by atoms with Crippen LogP contribution in [0.15, 0.2) is 0 Å². The maximum absolute atomic E-state index is 11.5. The fraction of sp³-hybridized carbons (Fsp3) is 0.944. The summed E-state index contributed by atoms with van der Waals surface area (Å²) in [5.41, 5.74) is 0. The Balaban J connectivity index is 1.94. The Morgan fingerprint density at radius 2 is 1.73 bits per heavy atom. The van der Waals surface area contributed by atoms with Crippen molar-refractivity contribution in [3.8, 4) is 0 Å². The fourth-order valence-electron chi connectivity index (χ4n) is 3.21. The molecule has 0 amide bonds. The molecular formula is C18H35NO3. The van der Waals surface area contributed by atoms with Crippen LogP contribution in [0.5, 0.6) is 0 Å². The van der Waals surface area contributed by atoms with Gasteiger partial charge in [0.25, 0.3) is 0 Å². The van der Waals surface area contributed by atoms with E-state index in [0.29, 0.717) is 11.8 Å². The molecule has 0 radical (unpaired) electrons. The molecule has 130 valence electrons. The fourth-order valence-corrected chi connectivity index (χ4v) is 3.21.